The van der Waals surface area contributed by atoms with E-state index in [0.29, 0.717) is 18.7 Å². The minimum Gasteiger partial charge on any atom is -0.464 e. The molecule has 0 saturated carbocycles. The van der Waals surface area contributed by atoms with Crippen molar-refractivity contribution in [2.45, 2.75) is 39.2 Å². The fourth-order valence-electron chi connectivity index (χ4n) is 1.78. The maximum absolute atomic E-state index is 11.9. The SMILES string of the molecule is CCOC(=O)C(C)(C)NC(=O)CCc1ccccc1N. The van der Waals surface area contributed by atoms with Crippen molar-refractivity contribution < 1.29 is 14.3 Å². The highest BCUT2D eigenvalue weighted by molar-refractivity contribution is 5.87. The predicted octanol–water partition coefficient (Wildman–Crippen LogP) is 1.66. The van der Waals surface area contributed by atoms with Crippen LogP contribution in [0.3, 0.4) is 0 Å². The average molecular weight is 278 g/mol. The molecule has 0 atom stereocenters. The molecule has 1 aromatic carbocycles. The van der Waals surface area contributed by atoms with Gasteiger partial charge < -0.3 is 15.8 Å². The van der Waals surface area contributed by atoms with Crippen LogP contribution in [-0.2, 0) is 20.7 Å². The summed E-state index contributed by atoms with van der Waals surface area (Å²) in [5.74, 6) is -0.640. The Hall–Kier alpha value is -2.04. The smallest absolute Gasteiger partial charge is 0.331 e. The largest absolute Gasteiger partial charge is 0.464 e. The zero-order valence-electron chi connectivity index (χ0n) is 12.2. The van der Waals surface area contributed by atoms with Gasteiger partial charge in [0.2, 0.25) is 5.91 Å². The number of benzene rings is 1. The summed E-state index contributed by atoms with van der Waals surface area (Å²) < 4.78 is 4.92. The Morgan fingerprint density at radius 3 is 2.55 bits per heavy atom. The summed E-state index contributed by atoms with van der Waals surface area (Å²) in [5.41, 5.74) is 6.40. The van der Waals surface area contributed by atoms with E-state index < -0.39 is 11.5 Å². The molecule has 20 heavy (non-hydrogen) atoms. The second-order valence-electron chi connectivity index (χ2n) is 5.09. The van der Waals surface area contributed by atoms with Crippen molar-refractivity contribution in [2.75, 3.05) is 12.3 Å². The summed E-state index contributed by atoms with van der Waals surface area (Å²) in [5, 5.41) is 2.68. The molecule has 110 valence electrons. The molecule has 0 unspecified atom stereocenters. The van der Waals surface area contributed by atoms with Gasteiger partial charge in [0.15, 0.2) is 0 Å². The molecule has 0 aliphatic rings. The number of esters is 1. The molecule has 0 heterocycles. The number of nitrogens with one attached hydrogen (secondary N) is 1. The molecule has 1 amide bonds. The van der Waals surface area contributed by atoms with E-state index >= 15 is 0 Å². The first-order valence-corrected chi connectivity index (χ1v) is 6.68. The monoisotopic (exact) mass is 278 g/mol. The number of carbonyl (C=O) groups excluding carboxylic acids is 2. The van der Waals surface area contributed by atoms with E-state index in [0.717, 1.165) is 5.56 Å². The second kappa shape index (κ2) is 6.93. The molecule has 0 aliphatic heterocycles. The number of nitrogen functional groups attached to an aromatic ring is 1. The van der Waals surface area contributed by atoms with E-state index in [1.54, 1.807) is 26.8 Å². The Labute approximate surface area is 119 Å². The first-order valence-electron chi connectivity index (χ1n) is 6.68. The number of amides is 1. The third kappa shape index (κ3) is 4.57. The Morgan fingerprint density at radius 2 is 1.95 bits per heavy atom. The van der Waals surface area contributed by atoms with Crippen LogP contribution in [0.5, 0.6) is 0 Å². The predicted molar refractivity (Wildman–Crippen MR) is 78.0 cm³/mol. The lowest BCUT2D eigenvalue weighted by atomic mass is 10.0. The molecule has 0 radical (unpaired) electrons. The Morgan fingerprint density at radius 1 is 1.30 bits per heavy atom. The van der Waals surface area contributed by atoms with Gasteiger partial charge in [-0.05, 0) is 38.8 Å². The fraction of sp³-hybridized carbons (Fsp3) is 0.467. The number of rotatable bonds is 6. The summed E-state index contributed by atoms with van der Waals surface area (Å²) in [6.07, 6.45) is 0.814. The Bertz CT molecular complexity index is 484. The van der Waals surface area contributed by atoms with Gasteiger partial charge in [0.05, 0.1) is 6.61 Å². The van der Waals surface area contributed by atoms with Crippen LogP contribution in [0, 0.1) is 0 Å². The van der Waals surface area contributed by atoms with Gasteiger partial charge in [-0.15, -0.1) is 0 Å². The molecule has 0 aromatic heterocycles. The van der Waals surface area contributed by atoms with E-state index in [2.05, 4.69) is 5.32 Å². The number of hydrogen-bond donors (Lipinski definition) is 2. The Kier molecular flexibility index (Phi) is 5.55. The molecule has 5 heteroatoms. The first kappa shape index (κ1) is 16.0. The third-order valence-electron chi connectivity index (χ3n) is 2.91. The number of nitrogens with two attached hydrogens (primary N) is 1. The van der Waals surface area contributed by atoms with Gasteiger partial charge in [-0.1, -0.05) is 18.2 Å². The van der Waals surface area contributed by atoms with E-state index in [4.69, 9.17) is 10.5 Å². The lowest BCUT2D eigenvalue weighted by Gasteiger charge is -2.23. The minimum absolute atomic E-state index is 0.202. The van der Waals surface area contributed by atoms with Gasteiger partial charge in [0.25, 0.3) is 0 Å². The van der Waals surface area contributed by atoms with E-state index in [1.807, 2.05) is 18.2 Å². The number of ether oxygens (including phenoxy) is 1. The molecule has 3 N–H and O–H groups in total. The standard InChI is InChI=1S/C15H22N2O3/c1-4-20-14(19)15(2,3)17-13(18)10-9-11-7-5-6-8-12(11)16/h5-8H,4,9-10,16H2,1-3H3,(H,17,18). The first-order chi connectivity index (χ1) is 9.36. The van der Waals surface area contributed by atoms with Crippen molar-refractivity contribution in [3.63, 3.8) is 0 Å². The normalized spacial score (nSPS) is 10.9. The summed E-state index contributed by atoms with van der Waals surface area (Å²) in [4.78, 5) is 23.6. The lowest BCUT2D eigenvalue weighted by molar-refractivity contribution is -0.151. The number of aryl methyl sites for hydroxylation is 1. The molecule has 1 aromatic rings. The van der Waals surface area contributed by atoms with Crippen molar-refractivity contribution in [3.8, 4) is 0 Å². The minimum atomic E-state index is -1.02. The van der Waals surface area contributed by atoms with Crippen molar-refractivity contribution >= 4 is 17.6 Å². The van der Waals surface area contributed by atoms with Gasteiger partial charge in [0.1, 0.15) is 5.54 Å². The van der Waals surface area contributed by atoms with Gasteiger partial charge in [-0.3, -0.25) is 4.79 Å². The Balaban J connectivity index is 2.52. The molecular weight excluding hydrogens is 256 g/mol. The zero-order valence-corrected chi connectivity index (χ0v) is 12.2. The number of carbonyl (C=O) groups is 2. The van der Waals surface area contributed by atoms with Crippen LogP contribution in [0.2, 0.25) is 0 Å². The molecule has 0 bridgehead atoms. The molecule has 0 fully saturated rings. The van der Waals surface area contributed by atoms with E-state index in [9.17, 15) is 9.59 Å². The van der Waals surface area contributed by atoms with Crippen LogP contribution in [0.1, 0.15) is 32.8 Å². The van der Waals surface area contributed by atoms with Crippen molar-refractivity contribution in [1.29, 1.82) is 0 Å². The number of para-hydroxylation sites is 1. The van der Waals surface area contributed by atoms with Crippen molar-refractivity contribution in [2.24, 2.45) is 0 Å². The summed E-state index contributed by atoms with van der Waals surface area (Å²) in [6.45, 7) is 5.27. The average Bonchev–Trinajstić information content (AvgIpc) is 2.37. The highest BCUT2D eigenvalue weighted by Gasteiger charge is 2.30. The van der Waals surface area contributed by atoms with E-state index in [-0.39, 0.29) is 12.3 Å². The van der Waals surface area contributed by atoms with Gasteiger partial charge in [-0.25, -0.2) is 4.79 Å². The molecule has 0 spiro atoms. The van der Waals surface area contributed by atoms with Crippen LogP contribution < -0.4 is 11.1 Å². The highest BCUT2D eigenvalue weighted by atomic mass is 16.5. The quantitative estimate of drug-likeness (QED) is 0.612. The van der Waals surface area contributed by atoms with Crippen molar-refractivity contribution in [1.82, 2.24) is 5.32 Å². The zero-order chi connectivity index (χ0) is 15.2. The summed E-state index contributed by atoms with van der Waals surface area (Å²) in [6, 6.07) is 7.42. The van der Waals surface area contributed by atoms with Gasteiger partial charge >= 0.3 is 5.97 Å². The molecule has 0 saturated heterocycles. The maximum Gasteiger partial charge on any atom is 0.331 e. The third-order valence-corrected chi connectivity index (χ3v) is 2.91. The molecule has 5 nitrogen and oxygen atoms in total. The molecule has 1 rings (SSSR count). The summed E-state index contributed by atoms with van der Waals surface area (Å²) in [7, 11) is 0. The maximum atomic E-state index is 11.9. The second-order valence-corrected chi connectivity index (χ2v) is 5.09. The number of hydrogen-bond acceptors (Lipinski definition) is 4. The van der Waals surface area contributed by atoms with Crippen LogP contribution in [0.15, 0.2) is 24.3 Å². The summed E-state index contributed by atoms with van der Waals surface area (Å²) >= 11 is 0. The highest BCUT2D eigenvalue weighted by Crippen LogP contribution is 2.13. The van der Waals surface area contributed by atoms with Crippen LogP contribution in [-0.4, -0.2) is 24.0 Å². The van der Waals surface area contributed by atoms with Crippen LogP contribution >= 0.6 is 0 Å². The number of anilines is 1. The molecular formula is C15H22N2O3. The lowest BCUT2D eigenvalue weighted by Crippen LogP contribution is -2.50. The van der Waals surface area contributed by atoms with Crippen LogP contribution in [0.4, 0.5) is 5.69 Å². The van der Waals surface area contributed by atoms with Gasteiger partial charge in [-0.2, -0.15) is 0 Å². The van der Waals surface area contributed by atoms with E-state index in [1.165, 1.54) is 0 Å². The molecule has 0 aliphatic carbocycles. The topological polar surface area (TPSA) is 81.4 Å². The van der Waals surface area contributed by atoms with Crippen LogP contribution in [0.25, 0.3) is 0 Å². The van der Waals surface area contributed by atoms with Gasteiger partial charge in [0, 0.05) is 12.1 Å². The fourth-order valence-corrected chi connectivity index (χ4v) is 1.78. The van der Waals surface area contributed by atoms with Crippen molar-refractivity contribution in [3.05, 3.63) is 29.8 Å².